The van der Waals surface area contributed by atoms with Crippen LogP contribution in [0.15, 0.2) is 28.2 Å². The highest BCUT2D eigenvalue weighted by Crippen LogP contribution is 2.12. The van der Waals surface area contributed by atoms with Crippen molar-refractivity contribution in [2.24, 2.45) is 0 Å². The number of aliphatic hydroxyl groups is 1. The molecular formula is C13H22N2O4S. The van der Waals surface area contributed by atoms with Gasteiger partial charge in [-0.3, -0.25) is 4.79 Å². The van der Waals surface area contributed by atoms with E-state index >= 15 is 0 Å². The van der Waals surface area contributed by atoms with Crippen LogP contribution < -0.4 is 5.43 Å². The zero-order valence-electron chi connectivity index (χ0n) is 11.7. The molecule has 2 N–H and O–H groups in total. The van der Waals surface area contributed by atoms with Gasteiger partial charge in [0.05, 0.1) is 6.61 Å². The van der Waals surface area contributed by atoms with E-state index in [2.05, 4.69) is 11.9 Å². The molecule has 0 aliphatic carbocycles. The number of aromatic nitrogens is 1. The van der Waals surface area contributed by atoms with Crippen LogP contribution in [-0.2, 0) is 10.0 Å². The summed E-state index contributed by atoms with van der Waals surface area (Å²) in [7, 11) is -3.85. The lowest BCUT2D eigenvalue weighted by Crippen LogP contribution is -2.36. The summed E-state index contributed by atoms with van der Waals surface area (Å²) in [5, 5.41) is 9.03. The average molecular weight is 302 g/mol. The molecule has 0 radical (unpaired) electrons. The standard InChI is InChI=1S/C13H22N2O4S/c1-2-3-4-5-8-15(9-10-16)20(18,19)13-11-14-7-6-12(13)17/h6-7,11,16H,2-5,8-10H2,1H3,(H,14,17). The Kier molecular flexibility index (Phi) is 6.90. The van der Waals surface area contributed by atoms with Gasteiger partial charge in [-0.15, -0.1) is 0 Å². The van der Waals surface area contributed by atoms with Crippen molar-refractivity contribution in [3.63, 3.8) is 0 Å². The molecule has 20 heavy (non-hydrogen) atoms. The SMILES string of the molecule is CCCCCCN(CCO)S(=O)(=O)c1c[nH]ccc1=O. The third-order valence-corrected chi connectivity index (χ3v) is 4.94. The summed E-state index contributed by atoms with van der Waals surface area (Å²) in [4.78, 5) is 14.0. The van der Waals surface area contributed by atoms with E-state index in [-0.39, 0.29) is 18.0 Å². The lowest BCUT2D eigenvalue weighted by atomic mass is 10.2. The first kappa shape index (κ1) is 16.9. The van der Waals surface area contributed by atoms with Gasteiger partial charge in [0.1, 0.15) is 4.90 Å². The van der Waals surface area contributed by atoms with Crippen molar-refractivity contribution >= 4 is 10.0 Å². The van der Waals surface area contributed by atoms with E-state index in [1.165, 1.54) is 22.8 Å². The number of hydrogen-bond acceptors (Lipinski definition) is 4. The molecule has 0 amide bonds. The van der Waals surface area contributed by atoms with E-state index in [1.807, 2.05) is 0 Å². The number of rotatable bonds is 9. The number of nitrogens with one attached hydrogen (secondary N) is 1. The molecule has 0 spiro atoms. The third-order valence-electron chi connectivity index (χ3n) is 3.02. The highest BCUT2D eigenvalue weighted by molar-refractivity contribution is 7.89. The van der Waals surface area contributed by atoms with Crippen LogP contribution in [0.2, 0.25) is 0 Å². The molecule has 1 aromatic heterocycles. The number of aliphatic hydroxyl groups excluding tert-OH is 1. The molecule has 0 saturated heterocycles. The van der Waals surface area contributed by atoms with E-state index in [4.69, 9.17) is 5.11 Å². The van der Waals surface area contributed by atoms with Gasteiger partial charge in [-0.25, -0.2) is 8.42 Å². The maximum atomic E-state index is 12.4. The lowest BCUT2D eigenvalue weighted by Gasteiger charge is -2.20. The van der Waals surface area contributed by atoms with Gasteiger partial charge in [0.2, 0.25) is 15.5 Å². The molecule has 0 aliphatic heterocycles. The molecule has 6 nitrogen and oxygen atoms in total. The van der Waals surface area contributed by atoms with Crippen molar-refractivity contribution in [1.29, 1.82) is 0 Å². The van der Waals surface area contributed by atoms with Gasteiger partial charge in [-0.1, -0.05) is 26.2 Å². The lowest BCUT2D eigenvalue weighted by molar-refractivity contribution is 0.251. The van der Waals surface area contributed by atoms with Gasteiger partial charge in [-0.2, -0.15) is 4.31 Å². The van der Waals surface area contributed by atoms with Crippen molar-refractivity contribution in [3.8, 4) is 0 Å². The predicted molar refractivity (Wildman–Crippen MR) is 77.0 cm³/mol. The summed E-state index contributed by atoms with van der Waals surface area (Å²) in [6.45, 7) is 2.13. The zero-order valence-corrected chi connectivity index (χ0v) is 12.5. The van der Waals surface area contributed by atoms with E-state index in [0.717, 1.165) is 25.7 Å². The molecule has 0 unspecified atom stereocenters. The number of unbranched alkanes of at least 4 members (excludes halogenated alkanes) is 3. The first-order valence-electron chi connectivity index (χ1n) is 6.82. The van der Waals surface area contributed by atoms with Crippen molar-refractivity contribution in [2.45, 2.75) is 37.5 Å². The molecule has 114 valence electrons. The van der Waals surface area contributed by atoms with Gasteiger partial charge in [0.25, 0.3) is 0 Å². The molecule has 1 rings (SSSR count). The normalized spacial score (nSPS) is 11.9. The van der Waals surface area contributed by atoms with Crippen molar-refractivity contribution in [3.05, 3.63) is 28.7 Å². The van der Waals surface area contributed by atoms with Crippen LogP contribution in [0.5, 0.6) is 0 Å². The summed E-state index contributed by atoms with van der Waals surface area (Å²) in [5.41, 5.74) is -0.541. The van der Waals surface area contributed by atoms with E-state index in [1.54, 1.807) is 0 Å². The Morgan fingerprint density at radius 1 is 1.25 bits per heavy atom. The Hall–Kier alpha value is -1.18. The Balaban J connectivity index is 2.89. The third kappa shape index (κ3) is 4.43. The number of hydrogen-bond donors (Lipinski definition) is 2. The molecule has 1 aromatic rings. The summed E-state index contributed by atoms with van der Waals surface area (Å²) in [5.74, 6) is 0. The molecule has 0 saturated carbocycles. The quantitative estimate of drug-likeness (QED) is 0.664. The fourth-order valence-electron chi connectivity index (χ4n) is 1.92. The molecule has 1 heterocycles. The molecule has 0 atom stereocenters. The first-order chi connectivity index (χ1) is 9.54. The van der Waals surface area contributed by atoms with Crippen molar-refractivity contribution in [2.75, 3.05) is 19.7 Å². The highest BCUT2D eigenvalue weighted by Gasteiger charge is 2.25. The number of aromatic amines is 1. The fraction of sp³-hybridized carbons (Fsp3) is 0.615. The van der Waals surface area contributed by atoms with Crippen LogP contribution in [0.1, 0.15) is 32.6 Å². The van der Waals surface area contributed by atoms with Gasteiger partial charge in [0, 0.05) is 31.5 Å². The number of H-pyrrole nitrogens is 1. The van der Waals surface area contributed by atoms with Crippen LogP contribution in [0, 0.1) is 0 Å². The summed E-state index contributed by atoms with van der Waals surface area (Å²) >= 11 is 0. The van der Waals surface area contributed by atoms with Gasteiger partial charge < -0.3 is 10.1 Å². The molecule has 7 heteroatoms. The van der Waals surface area contributed by atoms with Crippen LogP contribution >= 0.6 is 0 Å². The summed E-state index contributed by atoms with van der Waals surface area (Å²) < 4.78 is 26.0. The molecule has 0 aromatic carbocycles. The number of pyridine rings is 1. The molecule has 0 bridgehead atoms. The monoisotopic (exact) mass is 302 g/mol. The highest BCUT2D eigenvalue weighted by atomic mass is 32.2. The minimum atomic E-state index is -3.85. The number of sulfonamides is 1. The van der Waals surface area contributed by atoms with E-state index in [0.29, 0.717) is 6.54 Å². The molecule has 0 fully saturated rings. The summed E-state index contributed by atoms with van der Waals surface area (Å²) in [6, 6.07) is 1.18. The second-order valence-corrected chi connectivity index (χ2v) is 6.47. The minimum absolute atomic E-state index is 0.00277. The minimum Gasteiger partial charge on any atom is -0.395 e. The van der Waals surface area contributed by atoms with Crippen molar-refractivity contribution in [1.82, 2.24) is 9.29 Å². The Labute approximate surface area is 119 Å². The molecule has 0 aliphatic rings. The topological polar surface area (TPSA) is 90.5 Å². The maximum Gasteiger partial charge on any atom is 0.248 e. The Bertz CT molecular complexity index is 553. The van der Waals surface area contributed by atoms with Crippen LogP contribution in [-0.4, -0.2) is 42.5 Å². The Morgan fingerprint density at radius 2 is 2.00 bits per heavy atom. The van der Waals surface area contributed by atoms with E-state index < -0.39 is 15.5 Å². The van der Waals surface area contributed by atoms with Crippen LogP contribution in [0.3, 0.4) is 0 Å². The number of nitrogens with zero attached hydrogens (tertiary/aromatic N) is 1. The first-order valence-corrected chi connectivity index (χ1v) is 8.26. The smallest absolute Gasteiger partial charge is 0.248 e. The van der Waals surface area contributed by atoms with Gasteiger partial charge >= 0.3 is 0 Å². The molecular weight excluding hydrogens is 280 g/mol. The second-order valence-electron chi connectivity index (χ2n) is 4.56. The van der Waals surface area contributed by atoms with Gasteiger partial charge in [-0.05, 0) is 6.42 Å². The largest absolute Gasteiger partial charge is 0.395 e. The predicted octanol–water partition coefficient (Wildman–Crippen LogP) is 0.938. The Morgan fingerprint density at radius 3 is 2.60 bits per heavy atom. The van der Waals surface area contributed by atoms with Crippen molar-refractivity contribution < 1.29 is 13.5 Å². The zero-order chi connectivity index (χ0) is 15.0. The van der Waals surface area contributed by atoms with Crippen LogP contribution in [0.25, 0.3) is 0 Å². The van der Waals surface area contributed by atoms with Gasteiger partial charge in [0.15, 0.2) is 0 Å². The average Bonchev–Trinajstić information content (AvgIpc) is 2.42. The summed E-state index contributed by atoms with van der Waals surface area (Å²) in [6.07, 6.45) is 6.33. The second kappa shape index (κ2) is 8.18. The van der Waals surface area contributed by atoms with E-state index in [9.17, 15) is 13.2 Å². The fourth-order valence-corrected chi connectivity index (χ4v) is 3.43. The van der Waals surface area contributed by atoms with Crippen LogP contribution in [0.4, 0.5) is 0 Å². The maximum absolute atomic E-state index is 12.4.